The van der Waals surface area contributed by atoms with E-state index in [1.165, 1.54) is 0 Å². The highest BCUT2D eigenvalue weighted by atomic mass is 16.6. The first kappa shape index (κ1) is 6.13. The van der Waals surface area contributed by atoms with Crippen LogP contribution < -0.4 is 5.32 Å². The van der Waals surface area contributed by atoms with Crippen molar-refractivity contribution in [1.82, 2.24) is 5.32 Å². The van der Waals surface area contributed by atoms with Crippen LogP contribution in [0.25, 0.3) is 0 Å². The zero-order chi connectivity index (χ0) is 6.69. The molecule has 1 heterocycles. The number of rotatable bonds is 1. The minimum atomic E-state index is -0.342. The van der Waals surface area contributed by atoms with Crippen LogP contribution in [0.4, 0.5) is 4.79 Å². The van der Waals surface area contributed by atoms with Gasteiger partial charge in [-0.2, -0.15) is 0 Å². The summed E-state index contributed by atoms with van der Waals surface area (Å²) in [6.45, 7) is 4.20. The zero-order valence-electron chi connectivity index (χ0n) is 5.09. The molecule has 0 aromatic carbocycles. The first-order valence-electron chi connectivity index (χ1n) is 2.90. The first-order chi connectivity index (χ1) is 4.33. The normalized spacial score (nSPS) is 26.2. The van der Waals surface area contributed by atoms with Crippen molar-refractivity contribution in [2.75, 3.05) is 6.54 Å². The molecule has 0 aromatic rings. The molecule has 1 aliphatic heterocycles. The van der Waals surface area contributed by atoms with Gasteiger partial charge in [0.2, 0.25) is 0 Å². The van der Waals surface area contributed by atoms with Crippen LogP contribution in [0.3, 0.4) is 0 Å². The summed E-state index contributed by atoms with van der Waals surface area (Å²) in [4.78, 5) is 10.5. The topological polar surface area (TPSA) is 38.3 Å². The largest absolute Gasteiger partial charge is 0.442 e. The van der Waals surface area contributed by atoms with Crippen LogP contribution in [0.1, 0.15) is 6.42 Å². The van der Waals surface area contributed by atoms with E-state index in [0.717, 1.165) is 6.42 Å². The molecule has 1 aliphatic rings. The van der Waals surface area contributed by atoms with Crippen LogP contribution in [0.5, 0.6) is 0 Å². The van der Waals surface area contributed by atoms with Crippen molar-refractivity contribution in [2.45, 2.75) is 12.5 Å². The number of hydrogen-bond acceptors (Lipinski definition) is 2. The van der Waals surface area contributed by atoms with Gasteiger partial charge < -0.3 is 10.1 Å². The summed E-state index contributed by atoms with van der Waals surface area (Å²) in [6.07, 6.45) is 2.04. The summed E-state index contributed by atoms with van der Waals surface area (Å²) in [5.74, 6) is 0. The molecule has 1 fully saturated rings. The fourth-order valence-electron chi connectivity index (χ4n) is 0.721. The van der Waals surface area contributed by atoms with Gasteiger partial charge in [0.25, 0.3) is 0 Å². The third kappa shape index (κ3) is 1.45. The molecular formula is C6H9NO2. The van der Waals surface area contributed by atoms with Crippen LogP contribution in [-0.4, -0.2) is 18.7 Å². The van der Waals surface area contributed by atoms with Crippen molar-refractivity contribution >= 4 is 6.09 Å². The highest BCUT2D eigenvalue weighted by Gasteiger charge is 2.15. The second-order valence-corrected chi connectivity index (χ2v) is 1.89. The molecule has 1 saturated heterocycles. The molecule has 0 aromatic heterocycles. The molecule has 1 N–H and O–H groups in total. The highest BCUT2D eigenvalue weighted by Crippen LogP contribution is 2.03. The zero-order valence-corrected chi connectivity index (χ0v) is 5.09. The number of cyclic esters (lactones) is 1. The van der Waals surface area contributed by atoms with Crippen LogP contribution in [0, 0.1) is 0 Å². The van der Waals surface area contributed by atoms with Gasteiger partial charge in [-0.15, -0.1) is 0 Å². The monoisotopic (exact) mass is 127 g/mol. The van der Waals surface area contributed by atoms with Gasteiger partial charge in [-0.1, -0.05) is 12.7 Å². The second kappa shape index (κ2) is 2.53. The van der Waals surface area contributed by atoms with Crippen LogP contribution in [-0.2, 0) is 4.74 Å². The third-order valence-corrected chi connectivity index (χ3v) is 1.22. The standard InChI is InChI=1S/C6H9NO2/c1-2-5-3-4-7-6(8)9-5/h2,5H,1,3-4H2,(H,7,8)/t5-/m1/s1. The van der Waals surface area contributed by atoms with Crippen molar-refractivity contribution in [3.05, 3.63) is 12.7 Å². The second-order valence-electron chi connectivity index (χ2n) is 1.89. The molecule has 0 bridgehead atoms. The van der Waals surface area contributed by atoms with Gasteiger partial charge in [0, 0.05) is 13.0 Å². The Hall–Kier alpha value is -0.990. The van der Waals surface area contributed by atoms with Crippen LogP contribution >= 0.6 is 0 Å². The van der Waals surface area contributed by atoms with E-state index in [2.05, 4.69) is 11.9 Å². The lowest BCUT2D eigenvalue weighted by atomic mass is 10.2. The van der Waals surface area contributed by atoms with E-state index in [0.29, 0.717) is 6.54 Å². The van der Waals surface area contributed by atoms with Gasteiger partial charge >= 0.3 is 6.09 Å². The third-order valence-electron chi connectivity index (χ3n) is 1.22. The van der Waals surface area contributed by atoms with Crippen LogP contribution in [0.15, 0.2) is 12.7 Å². The average Bonchev–Trinajstić information content (AvgIpc) is 1.88. The Morgan fingerprint density at radius 3 is 3.11 bits per heavy atom. The summed E-state index contributed by atoms with van der Waals surface area (Å²) < 4.78 is 4.77. The first-order valence-corrected chi connectivity index (χ1v) is 2.90. The molecular weight excluding hydrogens is 118 g/mol. The van der Waals surface area contributed by atoms with E-state index in [-0.39, 0.29) is 12.2 Å². The fourth-order valence-corrected chi connectivity index (χ4v) is 0.721. The summed E-state index contributed by atoms with van der Waals surface area (Å²) in [6, 6.07) is 0. The Labute approximate surface area is 53.7 Å². The molecule has 3 nitrogen and oxygen atoms in total. The molecule has 1 rings (SSSR count). The maximum Gasteiger partial charge on any atom is 0.407 e. The van der Waals surface area contributed by atoms with Crippen molar-refractivity contribution in [1.29, 1.82) is 0 Å². The molecule has 0 aliphatic carbocycles. The smallest absolute Gasteiger partial charge is 0.407 e. The Kier molecular flexibility index (Phi) is 1.72. The minimum absolute atomic E-state index is 0.0845. The summed E-state index contributed by atoms with van der Waals surface area (Å²) >= 11 is 0. The van der Waals surface area contributed by atoms with Crippen molar-refractivity contribution in [3.63, 3.8) is 0 Å². The maximum atomic E-state index is 10.5. The van der Waals surface area contributed by atoms with Gasteiger partial charge in [0.1, 0.15) is 6.10 Å². The maximum absolute atomic E-state index is 10.5. The van der Waals surface area contributed by atoms with Gasteiger partial charge in [-0.25, -0.2) is 4.79 Å². The average molecular weight is 127 g/mol. The van der Waals surface area contributed by atoms with Gasteiger partial charge in [-0.3, -0.25) is 0 Å². The number of nitrogens with one attached hydrogen (secondary N) is 1. The summed E-state index contributed by atoms with van der Waals surface area (Å²) in [7, 11) is 0. The van der Waals surface area contributed by atoms with Crippen LogP contribution in [0.2, 0.25) is 0 Å². The lowest BCUT2D eigenvalue weighted by Gasteiger charge is -2.19. The predicted molar refractivity (Wildman–Crippen MR) is 33.1 cm³/mol. The van der Waals surface area contributed by atoms with Gasteiger partial charge in [0.15, 0.2) is 0 Å². The lowest BCUT2D eigenvalue weighted by Crippen LogP contribution is -2.36. The number of amides is 1. The predicted octanol–water partition coefficient (Wildman–Crippen LogP) is 0.671. The van der Waals surface area contributed by atoms with Gasteiger partial charge in [-0.05, 0) is 0 Å². The lowest BCUT2D eigenvalue weighted by molar-refractivity contribution is 0.0978. The quantitative estimate of drug-likeness (QED) is 0.526. The molecule has 0 radical (unpaired) electrons. The molecule has 3 heteroatoms. The molecule has 1 amide bonds. The Balaban J connectivity index is 2.40. The number of carbonyl (C=O) groups excluding carboxylic acids is 1. The fraction of sp³-hybridized carbons (Fsp3) is 0.500. The Morgan fingerprint density at radius 2 is 2.67 bits per heavy atom. The minimum Gasteiger partial charge on any atom is -0.442 e. The van der Waals surface area contributed by atoms with Gasteiger partial charge in [0.05, 0.1) is 0 Å². The molecule has 0 spiro atoms. The van der Waals surface area contributed by atoms with Crippen molar-refractivity contribution in [2.24, 2.45) is 0 Å². The highest BCUT2D eigenvalue weighted by molar-refractivity contribution is 5.68. The Morgan fingerprint density at radius 1 is 1.89 bits per heavy atom. The van der Waals surface area contributed by atoms with Crippen molar-refractivity contribution < 1.29 is 9.53 Å². The van der Waals surface area contributed by atoms with E-state index in [1.54, 1.807) is 6.08 Å². The number of ether oxygens (including phenoxy) is 1. The summed E-state index contributed by atoms with van der Waals surface area (Å²) in [5, 5.41) is 2.54. The SMILES string of the molecule is C=C[C@@H]1CCNC(=O)O1. The van der Waals surface area contributed by atoms with E-state index in [4.69, 9.17) is 4.74 Å². The summed E-state index contributed by atoms with van der Waals surface area (Å²) in [5.41, 5.74) is 0. The molecule has 1 atom stereocenters. The van der Waals surface area contributed by atoms with E-state index in [1.807, 2.05) is 0 Å². The van der Waals surface area contributed by atoms with E-state index in [9.17, 15) is 4.79 Å². The molecule has 0 saturated carbocycles. The van der Waals surface area contributed by atoms with E-state index < -0.39 is 0 Å². The Bertz CT molecular complexity index is 133. The van der Waals surface area contributed by atoms with Crippen molar-refractivity contribution in [3.8, 4) is 0 Å². The molecule has 50 valence electrons. The van der Waals surface area contributed by atoms with E-state index >= 15 is 0 Å². The number of carbonyl (C=O) groups is 1. The number of alkyl carbamates (subject to hydrolysis) is 1. The number of hydrogen-bond donors (Lipinski definition) is 1. The molecule has 9 heavy (non-hydrogen) atoms. The molecule has 0 unspecified atom stereocenters.